The maximum absolute atomic E-state index is 10.9. The third-order valence-corrected chi connectivity index (χ3v) is 3.37. The van der Waals surface area contributed by atoms with E-state index in [9.17, 15) is 4.79 Å². The standard InChI is InChI=1S/C8H7BrINO/c1-4-2-5(9)3-6(7(4)10)8(11)12/h2-3H,1H3,(H2,11,12). The van der Waals surface area contributed by atoms with Crippen LogP contribution < -0.4 is 5.73 Å². The van der Waals surface area contributed by atoms with Crippen molar-refractivity contribution < 1.29 is 4.79 Å². The summed E-state index contributed by atoms with van der Waals surface area (Å²) in [6.07, 6.45) is 0. The highest BCUT2D eigenvalue weighted by Crippen LogP contribution is 2.22. The summed E-state index contributed by atoms with van der Waals surface area (Å²) in [6.45, 7) is 1.94. The second-order valence-corrected chi connectivity index (χ2v) is 4.44. The number of benzene rings is 1. The molecule has 1 aromatic carbocycles. The largest absolute Gasteiger partial charge is 0.366 e. The van der Waals surface area contributed by atoms with Crippen molar-refractivity contribution in [2.24, 2.45) is 5.73 Å². The molecule has 12 heavy (non-hydrogen) atoms. The van der Waals surface area contributed by atoms with Gasteiger partial charge < -0.3 is 5.73 Å². The van der Waals surface area contributed by atoms with Crippen molar-refractivity contribution in [1.82, 2.24) is 0 Å². The summed E-state index contributed by atoms with van der Waals surface area (Å²) in [4.78, 5) is 10.9. The molecule has 2 nitrogen and oxygen atoms in total. The molecule has 0 fully saturated rings. The number of amides is 1. The van der Waals surface area contributed by atoms with E-state index >= 15 is 0 Å². The van der Waals surface area contributed by atoms with Crippen LogP contribution in [-0.2, 0) is 0 Å². The molecule has 1 amide bonds. The Hall–Kier alpha value is -0.100. The van der Waals surface area contributed by atoms with Crippen LogP contribution in [0.5, 0.6) is 0 Å². The van der Waals surface area contributed by atoms with Crippen molar-refractivity contribution in [1.29, 1.82) is 0 Å². The molecule has 0 aromatic heterocycles. The molecule has 0 unspecified atom stereocenters. The van der Waals surface area contributed by atoms with E-state index < -0.39 is 0 Å². The first-order valence-electron chi connectivity index (χ1n) is 3.28. The molecule has 0 saturated heterocycles. The molecule has 1 rings (SSSR count). The highest BCUT2D eigenvalue weighted by molar-refractivity contribution is 14.1. The first-order valence-corrected chi connectivity index (χ1v) is 5.15. The van der Waals surface area contributed by atoms with Gasteiger partial charge in [-0.15, -0.1) is 0 Å². The van der Waals surface area contributed by atoms with Gasteiger partial charge in [0.15, 0.2) is 0 Å². The SMILES string of the molecule is Cc1cc(Br)cc(C(N)=O)c1I. The predicted molar refractivity (Wildman–Crippen MR) is 60.1 cm³/mol. The van der Waals surface area contributed by atoms with Gasteiger partial charge in [-0.1, -0.05) is 15.9 Å². The van der Waals surface area contributed by atoms with Crippen LogP contribution >= 0.6 is 38.5 Å². The zero-order valence-corrected chi connectivity index (χ0v) is 10.1. The number of halogens is 2. The van der Waals surface area contributed by atoms with Gasteiger partial charge in [0, 0.05) is 8.04 Å². The molecule has 0 aliphatic rings. The number of hydrogen-bond donors (Lipinski definition) is 1. The van der Waals surface area contributed by atoms with Crippen LogP contribution in [0.2, 0.25) is 0 Å². The van der Waals surface area contributed by atoms with Crippen LogP contribution in [0.1, 0.15) is 15.9 Å². The Labute approximate surface area is 92.8 Å². The number of carbonyl (C=O) groups is 1. The van der Waals surface area contributed by atoms with Crippen LogP contribution in [0.3, 0.4) is 0 Å². The fourth-order valence-corrected chi connectivity index (χ4v) is 2.05. The maximum Gasteiger partial charge on any atom is 0.249 e. The van der Waals surface area contributed by atoms with E-state index in [1.807, 2.05) is 13.0 Å². The monoisotopic (exact) mass is 339 g/mol. The molecule has 0 saturated carbocycles. The Kier molecular flexibility index (Phi) is 3.11. The lowest BCUT2D eigenvalue weighted by Crippen LogP contribution is -2.13. The summed E-state index contributed by atoms with van der Waals surface area (Å²) in [5.41, 5.74) is 6.81. The Bertz CT molecular complexity index is 338. The Morgan fingerprint density at radius 2 is 2.17 bits per heavy atom. The Morgan fingerprint density at radius 3 is 2.67 bits per heavy atom. The summed E-state index contributed by atoms with van der Waals surface area (Å²) < 4.78 is 1.80. The van der Waals surface area contributed by atoms with Gasteiger partial charge in [0.2, 0.25) is 5.91 Å². The van der Waals surface area contributed by atoms with Gasteiger partial charge in [-0.3, -0.25) is 4.79 Å². The summed E-state index contributed by atoms with van der Waals surface area (Å²) in [6, 6.07) is 3.69. The van der Waals surface area contributed by atoms with Gasteiger partial charge in [0.05, 0.1) is 5.56 Å². The molecule has 4 heteroatoms. The van der Waals surface area contributed by atoms with Crippen molar-refractivity contribution in [3.63, 3.8) is 0 Å². The van der Waals surface area contributed by atoms with Gasteiger partial charge in [-0.25, -0.2) is 0 Å². The lowest BCUT2D eigenvalue weighted by atomic mass is 10.1. The van der Waals surface area contributed by atoms with Gasteiger partial charge >= 0.3 is 0 Å². The molecule has 0 spiro atoms. The molecule has 1 aromatic rings. The van der Waals surface area contributed by atoms with Crippen LogP contribution in [0.25, 0.3) is 0 Å². The van der Waals surface area contributed by atoms with Crippen molar-refractivity contribution in [2.75, 3.05) is 0 Å². The second kappa shape index (κ2) is 3.74. The molecule has 0 bridgehead atoms. The van der Waals surface area contributed by atoms with Crippen LogP contribution in [0.4, 0.5) is 0 Å². The van der Waals surface area contributed by atoms with E-state index in [4.69, 9.17) is 5.73 Å². The summed E-state index contributed by atoms with van der Waals surface area (Å²) in [5, 5.41) is 0. The number of nitrogens with two attached hydrogens (primary N) is 1. The normalized spacial score (nSPS) is 9.92. The van der Waals surface area contributed by atoms with Crippen LogP contribution in [0, 0.1) is 10.5 Å². The first kappa shape index (κ1) is 9.98. The zero-order valence-electron chi connectivity index (χ0n) is 6.40. The minimum absolute atomic E-state index is 0.385. The molecule has 0 heterocycles. The molecule has 0 atom stereocenters. The van der Waals surface area contributed by atoms with Crippen LogP contribution in [0.15, 0.2) is 16.6 Å². The summed E-state index contributed by atoms with van der Waals surface area (Å²) in [7, 11) is 0. The Morgan fingerprint density at radius 1 is 1.58 bits per heavy atom. The zero-order chi connectivity index (χ0) is 9.30. The van der Waals surface area contributed by atoms with E-state index in [2.05, 4.69) is 38.5 Å². The lowest BCUT2D eigenvalue weighted by molar-refractivity contribution is 0.0999. The van der Waals surface area contributed by atoms with Crippen molar-refractivity contribution in [2.45, 2.75) is 6.92 Å². The molecule has 0 aliphatic heterocycles. The van der Waals surface area contributed by atoms with Crippen molar-refractivity contribution >= 4 is 44.4 Å². The second-order valence-electron chi connectivity index (χ2n) is 2.45. The molecular weight excluding hydrogens is 333 g/mol. The molecule has 0 radical (unpaired) electrons. The predicted octanol–water partition coefficient (Wildman–Crippen LogP) is 2.46. The average Bonchev–Trinajstić information content (AvgIpc) is 1.96. The third-order valence-electron chi connectivity index (χ3n) is 1.48. The molecule has 64 valence electrons. The van der Waals surface area contributed by atoms with E-state index in [-0.39, 0.29) is 5.91 Å². The average molecular weight is 340 g/mol. The smallest absolute Gasteiger partial charge is 0.249 e. The number of rotatable bonds is 1. The topological polar surface area (TPSA) is 43.1 Å². The summed E-state index contributed by atoms with van der Waals surface area (Å²) in [5.74, 6) is -0.385. The highest BCUT2D eigenvalue weighted by Gasteiger charge is 2.08. The Balaban J connectivity index is 3.37. The first-order chi connectivity index (χ1) is 5.52. The van der Waals surface area contributed by atoms with Gasteiger partial charge in [0.25, 0.3) is 0 Å². The van der Waals surface area contributed by atoms with Gasteiger partial charge in [0.1, 0.15) is 0 Å². The fourth-order valence-electron chi connectivity index (χ4n) is 0.905. The highest BCUT2D eigenvalue weighted by atomic mass is 127. The quantitative estimate of drug-likeness (QED) is 0.785. The van der Waals surface area contributed by atoms with E-state index in [0.29, 0.717) is 5.56 Å². The minimum Gasteiger partial charge on any atom is -0.366 e. The minimum atomic E-state index is -0.385. The molecular formula is C8H7BrINO. The van der Waals surface area contributed by atoms with Crippen LogP contribution in [-0.4, -0.2) is 5.91 Å². The summed E-state index contributed by atoms with van der Waals surface area (Å²) >= 11 is 5.42. The number of aryl methyl sites for hydroxylation is 1. The van der Waals surface area contributed by atoms with Gasteiger partial charge in [-0.2, -0.15) is 0 Å². The third kappa shape index (κ3) is 1.98. The number of hydrogen-bond acceptors (Lipinski definition) is 1. The lowest BCUT2D eigenvalue weighted by Gasteiger charge is -2.04. The number of primary amides is 1. The fraction of sp³-hybridized carbons (Fsp3) is 0.125. The maximum atomic E-state index is 10.9. The molecule has 2 N–H and O–H groups in total. The molecule has 0 aliphatic carbocycles. The number of carbonyl (C=O) groups excluding carboxylic acids is 1. The van der Waals surface area contributed by atoms with Gasteiger partial charge in [-0.05, 0) is 47.2 Å². The van der Waals surface area contributed by atoms with E-state index in [1.54, 1.807) is 6.07 Å². The van der Waals surface area contributed by atoms with E-state index in [1.165, 1.54) is 0 Å². The van der Waals surface area contributed by atoms with E-state index in [0.717, 1.165) is 13.6 Å². The van der Waals surface area contributed by atoms with Crippen molar-refractivity contribution in [3.05, 3.63) is 31.3 Å². The van der Waals surface area contributed by atoms with Crippen molar-refractivity contribution in [3.8, 4) is 0 Å².